The van der Waals surface area contributed by atoms with E-state index in [4.69, 9.17) is 5.11 Å². The SMILES string of the molecule is COc1cc(C(F)(F)F)c(O)cc1C=O. The van der Waals surface area contributed by atoms with Crippen molar-refractivity contribution in [2.75, 3.05) is 7.11 Å². The predicted molar refractivity (Wildman–Crippen MR) is 45.0 cm³/mol. The Balaban J connectivity index is 3.39. The molecule has 0 heterocycles. The first-order chi connectivity index (χ1) is 6.90. The van der Waals surface area contributed by atoms with Crippen LogP contribution in [0.1, 0.15) is 15.9 Å². The number of phenolic OH excluding ortho intramolecular Hbond substituents is 1. The zero-order valence-corrected chi connectivity index (χ0v) is 7.63. The summed E-state index contributed by atoms with van der Waals surface area (Å²) in [5.74, 6) is -1.22. The maximum absolute atomic E-state index is 12.3. The molecule has 0 saturated carbocycles. The van der Waals surface area contributed by atoms with E-state index >= 15 is 0 Å². The predicted octanol–water partition coefficient (Wildman–Crippen LogP) is 2.23. The minimum Gasteiger partial charge on any atom is -0.507 e. The summed E-state index contributed by atoms with van der Waals surface area (Å²) in [5.41, 5.74) is -1.37. The van der Waals surface area contributed by atoms with Gasteiger partial charge in [-0.15, -0.1) is 0 Å². The van der Waals surface area contributed by atoms with Gasteiger partial charge in [0.25, 0.3) is 0 Å². The number of carbonyl (C=O) groups excluding carboxylic acids is 1. The summed E-state index contributed by atoms with van der Waals surface area (Å²) in [6.07, 6.45) is -4.38. The molecule has 0 atom stereocenters. The smallest absolute Gasteiger partial charge is 0.420 e. The van der Waals surface area contributed by atoms with Gasteiger partial charge in [-0.2, -0.15) is 13.2 Å². The van der Waals surface area contributed by atoms with Crippen molar-refractivity contribution < 1.29 is 27.8 Å². The number of phenols is 1. The van der Waals surface area contributed by atoms with Crippen LogP contribution in [0.5, 0.6) is 11.5 Å². The highest BCUT2D eigenvalue weighted by Crippen LogP contribution is 2.38. The Morgan fingerprint density at radius 3 is 2.40 bits per heavy atom. The lowest BCUT2D eigenvalue weighted by atomic mass is 10.1. The first-order valence-electron chi connectivity index (χ1n) is 3.83. The molecular formula is C9H7F3O3. The van der Waals surface area contributed by atoms with Gasteiger partial charge < -0.3 is 9.84 Å². The van der Waals surface area contributed by atoms with Crippen molar-refractivity contribution in [3.05, 3.63) is 23.3 Å². The van der Waals surface area contributed by atoms with E-state index in [1.807, 2.05) is 0 Å². The number of rotatable bonds is 2. The molecule has 0 aliphatic rings. The van der Waals surface area contributed by atoms with Crippen molar-refractivity contribution in [2.24, 2.45) is 0 Å². The maximum atomic E-state index is 12.3. The molecule has 1 aromatic carbocycles. The number of hydrogen-bond acceptors (Lipinski definition) is 3. The van der Waals surface area contributed by atoms with Crippen LogP contribution in [-0.4, -0.2) is 18.5 Å². The summed E-state index contributed by atoms with van der Waals surface area (Å²) in [7, 11) is 1.14. The normalized spacial score (nSPS) is 11.2. The molecule has 82 valence electrons. The highest BCUT2D eigenvalue weighted by molar-refractivity contribution is 5.80. The summed E-state index contributed by atoms with van der Waals surface area (Å²) in [5, 5.41) is 9.04. The average molecular weight is 220 g/mol. The highest BCUT2D eigenvalue weighted by Gasteiger charge is 2.35. The summed E-state index contributed by atoms with van der Waals surface area (Å²) in [4.78, 5) is 10.4. The maximum Gasteiger partial charge on any atom is 0.420 e. The third-order valence-corrected chi connectivity index (χ3v) is 1.78. The van der Waals surface area contributed by atoms with E-state index in [1.54, 1.807) is 0 Å². The lowest BCUT2D eigenvalue weighted by Crippen LogP contribution is -2.06. The summed E-state index contributed by atoms with van der Waals surface area (Å²) in [6, 6.07) is 1.30. The lowest BCUT2D eigenvalue weighted by molar-refractivity contribution is -0.138. The molecule has 0 unspecified atom stereocenters. The fourth-order valence-electron chi connectivity index (χ4n) is 1.08. The average Bonchev–Trinajstić information content (AvgIpc) is 2.15. The number of halogens is 3. The van der Waals surface area contributed by atoms with Gasteiger partial charge in [0.15, 0.2) is 6.29 Å². The van der Waals surface area contributed by atoms with Gasteiger partial charge in [-0.25, -0.2) is 0 Å². The molecule has 0 radical (unpaired) electrons. The third kappa shape index (κ3) is 2.20. The van der Waals surface area contributed by atoms with Gasteiger partial charge in [0.2, 0.25) is 0 Å². The topological polar surface area (TPSA) is 46.5 Å². The molecular weight excluding hydrogens is 213 g/mol. The zero-order chi connectivity index (χ0) is 11.6. The molecule has 0 aliphatic heterocycles. The van der Waals surface area contributed by atoms with E-state index in [-0.39, 0.29) is 11.3 Å². The van der Waals surface area contributed by atoms with E-state index in [2.05, 4.69) is 4.74 Å². The van der Waals surface area contributed by atoms with Gasteiger partial charge in [-0.1, -0.05) is 0 Å². The second-order valence-corrected chi connectivity index (χ2v) is 2.73. The Hall–Kier alpha value is -1.72. The van der Waals surface area contributed by atoms with Crippen LogP contribution in [0.4, 0.5) is 13.2 Å². The molecule has 15 heavy (non-hydrogen) atoms. The number of benzene rings is 1. The van der Waals surface area contributed by atoms with Crippen LogP contribution in [-0.2, 0) is 6.18 Å². The second-order valence-electron chi connectivity index (χ2n) is 2.73. The molecule has 0 aromatic heterocycles. The number of alkyl halides is 3. The number of hydrogen-bond donors (Lipinski definition) is 1. The molecule has 6 heteroatoms. The molecule has 0 saturated heterocycles. The monoisotopic (exact) mass is 220 g/mol. The van der Waals surface area contributed by atoms with Crippen LogP contribution in [0.3, 0.4) is 0 Å². The van der Waals surface area contributed by atoms with E-state index < -0.39 is 17.5 Å². The Morgan fingerprint density at radius 1 is 1.40 bits per heavy atom. The minimum atomic E-state index is -4.68. The van der Waals surface area contributed by atoms with E-state index in [9.17, 15) is 18.0 Å². The van der Waals surface area contributed by atoms with Crippen molar-refractivity contribution in [3.8, 4) is 11.5 Å². The number of carbonyl (C=O) groups is 1. The first kappa shape index (κ1) is 11.4. The van der Waals surface area contributed by atoms with Crippen molar-refractivity contribution in [1.29, 1.82) is 0 Å². The van der Waals surface area contributed by atoms with Crippen LogP contribution in [0.25, 0.3) is 0 Å². The molecule has 0 aliphatic carbocycles. The Kier molecular flexibility index (Phi) is 2.88. The molecule has 1 aromatic rings. The van der Waals surface area contributed by atoms with Crippen LogP contribution in [0.2, 0.25) is 0 Å². The van der Waals surface area contributed by atoms with Gasteiger partial charge in [-0.05, 0) is 12.1 Å². The van der Waals surface area contributed by atoms with Crippen molar-refractivity contribution in [1.82, 2.24) is 0 Å². The number of aromatic hydroxyl groups is 1. The van der Waals surface area contributed by atoms with Gasteiger partial charge >= 0.3 is 6.18 Å². The van der Waals surface area contributed by atoms with Gasteiger partial charge in [0.05, 0.1) is 12.7 Å². The number of ether oxygens (including phenoxy) is 1. The van der Waals surface area contributed by atoms with Crippen LogP contribution < -0.4 is 4.74 Å². The zero-order valence-electron chi connectivity index (χ0n) is 7.63. The highest BCUT2D eigenvalue weighted by atomic mass is 19.4. The van der Waals surface area contributed by atoms with E-state index in [0.29, 0.717) is 18.4 Å². The summed E-state index contributed by atoms with van der Waals surface area (Å²) >= 11 is 0. The molecule has 1 rings (SSSR count). The second kappa shape index (κ2) is 3.80. The number of aldehydes is 1. The summed E-state index contributed by atoms with van der Waals surface area (Å²) < 4.78 is 41.5. The number of methoxy groups -OCH3 is 1. The van der Waals surface area contributed by atoms with Crippen molar-refractivity contribution >= 4 is 6.29 Å². The fourth-order valence-corrected chi connectivity index (χ4v) is 1.08. The third-order valence-electron chi connectivity index (χ3n) is 1.78. The Bertz CT molecular complexity index is 385. The molecule has 0 fully saturated rings. The molecule has 0 bridgehead atoms. The van der Waals surface area contributed by atoms with Crippen LogP contribution in [0, 0.1) is 0 Å². The minimum absolute atomic E-state index is 0.136. The molecule has 0 amide bonds. The Morgan fingerprint density at radius 2 is 2.00 bits per heavy atom. The van der Waals surface area contributed by atoms with Crippen molar-refractivity contribution in [2.45, 2.75) is 6.18 Å². The van der Waals surface area contributed by atoms with Gasteiger partial charge in [-0.3, -0.25) is 4.79 Å². The standard InChI is InChI=1S/C9H7F3O3/c1-15-8-3-6(9(10,11)12)7(14)2-5(8)4-13/h2-4,14H,1H3. The first-order valence-corrected chi connectivity index (χ1v) is 3.83. The quantitative estimate of drug-likeness (QED) is 0.777. The van der Waals surface area contributed by atoms with Crippen LogP contribution in [0.15, 0.2) is 12.1 Å². The summed E-state index contributed by atoms with van der Waals surface area (Å²) in [6.45, 7) is 0. The van der Waals surface area contributed by atoms with Crippen LogP contribution >= 0.6 is 0 Å². The molecule has 3 nitrogen and oxygen atoms in total. The Labute approximate surface area is 83.1 Å². The van der Waals surface area contributed by atoms with Crippen molar-refractivity contribution in [3.63, 3.8) is 0 Å². The fraction of sp³-hybridized carbons (Fsp3) is 0.222. The lowest BCUT2D eigenvalue weighted by Gasteiger charge is -2.11. The van der Waals surface area contributed by atoms with E-state index in [0.717, 1.165) is 7.11 Å². The van der Waals surface area contributed by atoms with Gasteiger partial charge in [0, 0.05) is 0 Å². The molecule has 1 N–H and O–H groups in total. The largest absolute Gasteiger partial charge is 0.507 e. The molecule has 0 spiro atoms. The van der Waals surface area contributed by atoms with E-state index in [1.165, 1.54) is 0 Å². The van der Waals surface area contributed by atoms with Gasteiger partial charge in [0.1, 0.15) is 17.1 Å².